The standard InChI is InChI=1S/C48H69N5O12/c1-26(2)21-38-40(55)25-35(47(61)62)30(6)39(54)23-29(5)43(57)50-36(18-17-27(3)22-28(4)41(65-11)24-34-15-13-12-14-16-34)31(7)44(58)51-37(48(63)64)19-20-42(56)53(10)33(9)46(60)49-32(8)45(59)52-38/h12-18,22,26,28-32,35-38,41H,9,19-21,23-25H2,1-8,10-11H3,(H,49,60)(H,50,57)(H,51,58)(H,52,59)(H,61,62)(H,63,64)/b18-17+,27-22+/t28-,29+,30-,31-,32+,35+,36-,37+,38-,41-/m0/s1. The fraction of sp³-hybridized carbons (Fsp3) is 0.562. The third-order valence-electron chi connectivity index (χ3n) is 11.8. The lowest BCUT2D eigenvalue weighted by Gasteiger charge is -2.26. The topological polar surface area (TPSA) is 255 Å². The number of carboxylic acid groups (broad SMARTS) is 2. The maximum Gasteiger partial charge on any atom is 0.326 e. The smallest absolute Gasteiger partial charge is 0.326 e. The Morgan fingerprint density at radius 2 is 1.48 bits per heavy atom. The lowest BCUT2D eigenvalue weighted by atomic mass is 9.81. The van der Waals surface area contributed by atoms with Crippen molar-refractivity contribution in [2.24, 2.45) is 35.5 Å². The number of aliphatic carboxylic acids is 2. The number of carbonyl (C=O) groups is 9. The van der Waals surface area contributed by atoms with Crippen LogP contribution in [-0.4, -0.2) is 113 Å². The molecule has 6 N–H and O–H groups in total. The van der Waals surface area contributed by atoms with E-state index in [1.54, 1.807) is 33.1 Å². The van der Waals surface area contributed by atoms with E-state index < -0.39 is 120 Å². The molecule has 0 saturated carbocycles. The number of hydrogen-bond donors (Lipinski definition) is 6. The summed E-state index contributed by atoms with van der Waals surface area (Å²) in [5, 5.41) is 30.5. The number of nitrogens with one attached hydrogen (secondary N) is 4. The molecule has 1 aliphatic heterocycles. The summed E-state index contributed by atoms with van der Waals surface area (Å²) in [6, 6.07) is 4.77. The first-order chi connectivity index (χ1) is 30.4. The van der Waals surface area contributed by atoms with Gasteiger partial charge in [0, 0.05) is 51.2 Å². The molecule has 5 amide bonds. The van der Waals surface area contributed by atoms with Gasteiger partial charge in [-0.3, -0.25) is 38.4 Å². The molecule has 1 heterocycles. The van der Waals surface area contributed by atoms with Gasteiger partial charge in [-0.15, -0.1) is 0 Å². The highest BCUT2D eigenvalue weighted by atomic mass is 16.5. The Bertz CT molecular complexity index is 1960. The molecule has 2 rings (SSSR count). The second-order valence-corrected chi connectivity index (χ2v) is 17.6. The number of rotatable bonds is 11. The summed E-state index contributed by atoms with van der Waals surface area (Å²) in [6.45, 7) is 16.7. The molecule has 0 aliphatic carbocycles. The van der Waals surface area contributed by atoms with Crippen LogP contribution in [0.1, 0.15) is 93.1 Å². The zero-order chi connectivity index (χ0) is 49.3. The van der Waals surface area contributed by atoms with Gasteiger partial charge < -0.3 is 41.1 Å². The van der Waals surface area contributed by atoms with Crippen LogP contribution in [0, 0.1) is 35.5 Å². The highest BCUT2D eigenvalue weighted by molar-refractivity contribution is 6.00. The second-order valence-electron chi connectivity index (χ2n) is 17.6. The van der Waals surface area contributed by atoms with Crippen molar-refractivity contribution in [1.82, 2.24) is 26.2 Å². The fourth-order valence-corrected chi connectivity index (χ4v) is 7.30. The average Bonchev–Trinajstić information content (AvgIpc) is 3.25. The molecule has 1 aromatic carbocycles. The van der Waals surface area contributed by atoms with Gasteiger partial charge in [0.25, 0.3) is 5.91 Å². The molecule has 1 aliphatic rings. The van der Waals surface area contributed by atoms with Crippen LogP contribution in [0.25, 0.3) is 0 Å². The number of benzene rings is 1. The van der Waals surface area contributed by atoms with Gasteiger partial charge in [0.15, 0.2) is 5.78 Å². The predicted octanol–water partition coefficient (Wildman–Crippen LogP) is 3.77. The van der Waals surface area contributed by atoms with Crippen molar-refractivity contribution in [3.63, 3.8) is 0 Å². The lowest BCUT2D eigenvalue weighted by Crippen LogP contribution is -2.52. The van der Waals surface area contributed by atoms with E-state index in [4.69, 9.17) is 4.74 Å². The Kier molecular flexibility index (Phi) is 22.2. The number of amides is 5. The van der Waals surface area contributed by atoms with Crippen LogP contribution in [0.4, 0.5) is 0 Å². The molecule has 10 atom stereocenters. The predicted molar refractivity (Wildman–Crippen MR) is 243 cm³/mol. The van der Waals surface area contributed by atoms with E-state index in [2.05, 4.69) is 27.8 Å². The van der Waals surface area contributed by atoms with Gasteiger partial charge in [-0.1, -0.05) is 102 Å². The van der Waals surface area contributed by atoms with Crippen molar-refractivity contribution in [2.45, 2.75) is 124 Å². The number of hydrogen-bond acceptors (Lipinski definition) is 10. The average molecular weight is 908 g/mol. The maximum atomic E-state index is 13.8. The molecule has 1 saturated heterocycles. The Morgan fingerprint density at radius 3 is 2.05 bits per heavy atom. The largest absolute Gasteiger partial charge is 0.481 e. The van der Waals surface area contributed by atoms with Crippen LogP contribution >= 0.6 is 0 Å². The summed E-state index contributed by atoms with van der Waals surface area (Å²) >= 11 is 0. The van der Waals surface area contributed by atoms with E-state index in [0.717, 1.165) is 16.0 Å². The Morgan fingerprint density at radius 1 is 0.846 bits per heavy atom. The van der Waals surface area contributed by atoms with Crippen molar-refractivity contribution >= 4 is 53.0 Å². The summed E-state index contributed by atoms with van der Waals surface area (Å²) < 4.78 is 5.79. The SMILES string of the molecule is C=C1C(=O)N[C@H](C)C(=O)N[C@@H](CC(C)C)C(=O)C[C@@H](C(=O)O)[C@H](C)C(=O)C[C@@H](C)C(=O)N[C@@H](/C=C/C(C)=C/[C@H](C)[C@H](Cc2ccccc2)OC)[C@H](C)C(=O)N[C@@H](C(=O)O)CCC(=O)N1C. The molecule has 0 bridgehead atoms. The third-order valence-corrected chi connectivity index (χ3v) is 11.8. The molecule has 0 spiro atoms. The van der Waals surface area contributed by atoms with Crippen LogP contribution in [0.15, 0.2) is 66.4 Å². The Balaban J connectivity index is 2.57. The number of methoxy groups -OCH3 is 1. The van der Waals surface area contributed by atoms with Crippen molar-refractivity contribution in [2.75, 3.05) is 14.2 Å². The normalized spacial score (nSPS) is 26.9. The van der Waals surface area contributed by atoms with Crippen molar-refractivity contribution in [3.8, 4) is 0 Å². The van der Waals surface area contributed by atoms with Crippen LogP contribution in [-0.2, 0) is 54.3 Å². The first kappa shape index (κ1) is 55.2. The summed E-state index contributed by atoms with van der Waals surface area (Å²) in [6.07, 6.45) is 3.96. The number of Topliss-reactive ketones (excluding diaryl/α,β-unsaturated/α-hetero) is 2. The van der Waals surface area contributed by atoms with E-state index in [9.17, 15) is 53.4 Å². The highest BCUT2D eigenvalue weighted by Gasteiger charge is 2.37. The Labute approximate surface area is 382 Å². The fourth-order valence-electron chi connectivity index (χ4n) is 7.30. The highest BCUT2D eigenvalue weighted by Crippen LogP contribution is 2.24. The molecule has 17 nitrogen and oxygen atoms in total. The molecule has 17 heteroatoms. The summed E-state index contributed by atoms with van der Waals surface area (Å²) in [5.41, 5.74) is 1.47. The van der Waals surface area contributed by atoms with Crippen LogP contribution in [0.5, 0.6) is 0 Å². The number of ketones is 2. The molecule has 0 aromatic heterocycles. The monoisotopic (exact) mass is 907 g/mol. The van der Waals surface area contributed by atoms with E-state index in [1.165, 1.54) is 34.7 Å². The molecule has 0 radical (unpaired) electrons. The number of allylic oxidation sites excluding steroid dienone is 2. The number of likely N-dealkylation sites (N-methyl/N-ethyl adjacent to an activating group) is 1. The van der Waals surface area contributed by atoms with Crippen LogP contribution < -0.4 is 21.3 Å². The first-order valence-electron chi connectivity index (χ1n) is 22.0. The van der Waals surface area contributed by atoms with Gasteiger partial charge in [-0.2, -0.15) is 0 Å². The van der Waals surface area contributed by atoms with Gasteiger partial charge in [0.2, 0.25) is 23.6 Å². The first-order valence-corrected chi connectivity index (χ1v) is 22.0. The van der Waals surface area contributed by atoms with E-state index in [-0.39, 0.29) is 36.5 Å². The van der Waals surface area contributed by atoms with Gasteiger partial charge in [0.05, 0.1) is 30.0 Å². The summed E-state index contributed by atoms with van der Waals surface area (Å²) in [7, 11) is 2.86. The maximum absolute atomic E-state index is 13.8. The molecule has 1 fully saturated rings. The number of ether oxygens (including phenoxy) is 1. The van der Waals surface area contributed by atoms with Gasteiger partial charge >= 0.3 is 11.9 Å². The quantitative estimate of drug-likeness (QED) is 0.137. The minimum absolute atomic E-state index is 0.0723. The molecular weight excluding hydrogens is 839 g/mol. The molecule has 1 aromatic rings. The van der Waals surface area contributed by atoms with Crippen LogP contribution in [0.3, 0.4) is 0 Å². The number of carbonyl (C=O) groups excluding carboxylic acids is 7. The van der Waals surface area contributed by atoms with Crippen molar-refractivity contribution < 1.29 is 58.1 Å². The van der Waals surface area contributed by atoms with Gasteiger partial charge in [0.1, 0.15) is 23.6 Å². The van der Waals surface area contributed by atoms with Gasteiger partial charge in [-0.05, 0) is 44.6 Å². The minimum Gasteiger partial charge on any atom is -0.481 e. The third kappa shape index (κ3) is 17.5. The summed E-state index contributed by atoms with van der Waals surface area (Å²) in [4.78, 5) is 120. The van der Waals surface area contributed by atoms with Gasteiger partial charge in [-0.25, -0.2) is 4.79 Å². The van der Waals surface area contributed by atoms with Crippen molar-refractivity contribution in [1.29, 1.82) is 0 Å². The van der Waals surface area contributed by atoms with E-state index in [1.807, 2.05) is 50.3 Å². The van der Waals surface area contributed by atoms with Crippen molar-refractivity contribution in [3.05, 3.63) is 72.0 Å². The molecule has 358 valence electrons. The number of nitrogens with zero attached hydrogens (tertiary/aromatic N) is 1. The molecular formula is C48H69N5O12. The Hall–Kier alpha value is -5.97. The van der Waals surface area contributed by atoms with E-state index >= 15 is 0 Å². The number of carboxylic acids is 2. The second kappa shape index (κ2) is 26.1. The lowest BCUT2D eigenvalue weighted by molar-refractivity contribution is -0.149. The summed E-state index contributed by atoms with van der Waals surface area (Å²) in [5.74, 6) is -13.1. The molecule has 0 unspecified atom stereocenters. The van der Waals surface area contributed by atoms with Crippen LogP contribution in [0.2, 0.25) is 0 Å². The zero-order valence-electron chi connectivity index (χ0n) is 39.3. The minimum atomic E-state index is -1.57. The zero-order valence-corrected chi connectivity index (χ0v) is 39.3. The van der Waals surface area contributed by atoms with E-state index in [0.29, 0.717) is 6.42 Å². The molecule has 65 heavy (non-hydrogen) atoms.